The van der Waals surface area contributed by atoms with Crippen molar-refractivity contribution in [3.63, 3.8) is 0 Å². The topological polar surface area (TPSA) is 47.7 Å². The molecule has 0 aliphatic carbocycles. The number of fused-ring (bicyclic) bond motifs is 1. The monoisotopic (exact) mass is 250 g/mol. The summed E-state index contributed by atoms with van der Waals surface area (Å²) in [5.41, 5.74) is 8.06. The molecule has 2 rings (SSSR count). The molecule has 1 aromatic rings. The van der Waals surface area contributed by atoms with Crippen molar-refractivity contribution >= 4 is 5.69 Å². The highest BCUT2D eigenvalue weighted by molar-refractivity contribution is 5.63. The highest BCUT2D eigenvalue weighted by Crippen LogP contribution is 2.39. The van der Waals surface area contributed by atoms with Crippen LogP contribution in [0.5, 0.6) is 11.5 Å². The van der Waals surface area contributed by atoms with Crippen LogP contribution in [0.2, 0.25) is 0 Å². The molecule has 1 aliphatic heterocycles. The summed E-state index contributed by atoms with van der Waals surface area (Å²) in [4.78, 5) is 2.26. The molecule has 0 spiro atoms. The minimum absolute atomic E-state index is 0.0210. The number of benzene rings is 1. The van der Waals surface area contributed by atoms with Crippen molar-refractivity contribution < 1.29 is 9.47 Å². The quantitative estimate of drug-likeness (QED) is 0.890. The lowest BCUT2D eigenvalue weighted by atomic mass is 9.97. The Labute approximate surface area is 109 Å². The maximum Gasteiger partial charge on any atom is 0.231 e. The molecule has 2 N–H and O–H groups in total. The van der Waals surface area contributed by atoms with Crippen LogP contribution in [0.15, 0.2) is 12.1 Å². The van der Waals surface area contributed by atoms with Crippen LogP contribution < -0.4 is 20.1 Å². The SMILES string of the molecule is Cc1cc2c(cc1N(C)C(C)(C)CCN)OCO2. The summed E-state index contributed by atoms with van der Waals surface area (Å²) in [6, 6.07) is 4.09. The largest absolute Gasteiger partial charge is 0.454 e. The zero-order valence-corrected chi connectivity index (χ0v) is 11.6. The molecular weight excluding hydrogens is 228 g/mol. The Morgan fingerprint density at radius 1 is 1.28 bits per heavy atom. The number of anilines is 1. The Morgan fingerprint density at radius 3 is 2.50 bits per heavy atom. The van der Waals surface area contributed by atoms with Gasteiger partial charge >= 0.3 is 0 Å². The highest BCUT2D eigenvalue weighted by atomic mass is 16.7. The van der Waals surface area contributed by atoms with Crippen molar-refractivity contribution in [3.8, 4) is 11.5 Å². The van der Waals surface area contributed by atoms with Crippen LogP contribution in [0.25, 0.3) is 0 Å². The van der Waals surface area contributed by atoms with E-state index in [1.54, 1.807) is 0 Å². The van der Waals surface area contributed by atoms with Gasteiger partial charge in [-0.2, -0.15) is 0 Å². The molecule has 0 amide bonds. The van der Waals surface area contributed by atoms with E-state index < -0.39 is 0 Å². The lowest BCUT2D eigenvalue weighted by Gasteiger charge is -2.38. The molecule has 4 heteroatoms. The summed E-state index contributed by atoms with van der Waals surface area (Å²) in [6.45, 7) is 7.48. The minimum atomic E-state index is 0.0210. The molecule has 0 radical (unpaired) electrons. The molecule has 18 heavy (non-hydrogen) atoms. The van der Waals surface area contributed by atoms with Crippen molar-refractivity contribution in [1.29, 1.82) is 0 Å². The highest BCUT2D eigenvalue weighted by Gasteiger charge is 2.26. The van der Waals surface area contributed by atoms with Gasteiger partial charge in [-0.05, 0) is 45.4 Å². The molecule has 1 heterocycles. The third-order valence-corrected chi connectivity index (χ3v) is 3.72. The second-order valence-corrected chi connectivity index (χ2v) is 5.40. The minimum Gasteiger partial charge on any atom is -0.454 e. The van der Waals surface area contributed by atoms with E-state index >= 15 is 0 Å². The number of nitrogens with two attached hydrogens (primary N) is 1. The van der Waals surface area contributed by atoms with E-state index in [4.69, 9.17) is 15.2 Å². The second-order valence-electron chi connectivity index (χ2n) is 5.40. The number of nitrogens with zero attached hydrogens (tertiary/aromatic N) is 1. The number of ether oxygens (including phenoxy) is 2. The average molecular weight is 250 g/mol. The van der Waals surface area contributed by atoms with E-state index in [-0.39, 0.29) is 5.54 Å². The number of aryl methyl sites for hydroxylation is 1. The van der Waals surface area contributed by atoms with Crippen molar-refractivity contribution in [2.75, 3.05) is 25.3 Å². The number of hydrogen-bond donors (Lipinski definition) is 1. The molecule has 0 unspecified atom stereocenters. The zero-order valence-electron chi connectivity index (χ0n) is 11.6. The molecule has 100 valence electrons. The van der Waals surface area contributed by atoms with E-state index in [0.29, 0.717) is 13.3 Å². The maximum absolute atomic E-state index is 5.69. The lowest BCUT2D eigenvalue weighted by molar-refractivity contribution is 0.174. The molecule has 4 nitrogen and oxygen atoms in total. The fraction of sp³-hybridized carbons (Fsp3) is 0.571. The van der Waals surface area contributed by atoms with Gasteiger partial charge in [0, 0.05) is 24.3 Å². The van der Waals surface area contributed by atoms with Gasteiger partial charge in [-0.25, -0.2) is 0 Å². The van der Waals surface area contributed by atoms with E-state index in [0.717, 1.165) is 23.6 Å². The van der Waals surface area contributed by atoms with Crippen LogP contribution in [-0.2, 0) is 0 Å². The molecule has 0 atom stereocenters. The first-order chi connectivity index (χ1) is 8.45. The Kier molecular flexibility index (Phi) is 3.39. The summed E-state index contributed by atoms with van der Waals surface area (Å²) in [5.74, 6) is 1.66. The van der Waals surface area contributed by atoms with Crippen molar-refractivity contribution in [2.45, 2.75) is 32.7 Å². The normalized spacial score (nSPS) is 13.8. The van der Waals surface area contributed by atoms with Crippen LogP contribution in [0.4, 0.5) is 5.69 Å². The molecule has 1 aromatic carbocycles. The summed E-state index contributed by atoms with van der Waals surface area (Å²) in [5, 5.41) is 0. The van der Waals surface area contributed by atoms with Crippen LogP contribution in [0.1, 0.15) is 25.8 Å². The predicted molar refractivity (Wildman–Crippen MR) is 73.5 cm³/mol. The van der Waals surface area contributed by atoms with Crippen LogP contribution in [0.3, 0.4) is 0 Å². The summed E-state index contributed by atoms with van der Waals surface area (Å²) in [6.07, 6.45) is 0.942. The Bertz CT molecular complexity index is 444. The van der Waals surface area contributed by atoms with Crippen LogP contribution >= 0.6 is 0 Å². The molecule has 0 aromatic heterocycles. The van der Waals surface area contributed by atoms with Crippen LogP contribution in [-0.4, -0.2) is 25.9 Å². The number of hydrogen-bond acceptors (Lipinski definition) is 4. The maximum atomic E-state index is 5.69. The van der Waals surface area contributed by atoms with Crippen molar-refractivity contribution in [1.82, 2.24) is 0 Å². The fourth-order valence-corrected chi connectivity index (χ4v) is 2.24. The summed E-state index contributed by atoms with van der Waals surface area (Å²) >= 11 is 0. The van der Waals surface area contributed by atoms with E-state index in [1.165, 1.54) is 5.56 Å². The van der Waals surface area contributed by atoms with Gasteiger partial charge in [0.25, 0.3) is 0 Å². The first-order valence-corrected chi connectivity index (χ1v) is 6.30. The van der Waals surface area contributed by atoms with Gasteiger partial charge in [-0.15, -0.1) is 0 Å². The molecular formula is C14H22N2O2. The third kappa shape index (κ3) is 2.25. The molecule has 0 fully saturated rings. The van der Waals surface area contributed by atoms with Crippen molar-refractivity contribution in [3.05, 3.63) is 17.7 Å². The first kappa shape index (κ1) is 13.0. The van der Waals surface area contributed by atoms with Gasteiger partial charge in [0.2, 0.25) is 6.79 Å². The van der Waals surface area contributed by atoms with Gasteiger partial charge in [-0.3, -0.25) is 0 Å². The standard InChI is InChI=1S/C14H22N2O2/c1-10-7-12-13(18-9-17-12)8-11(10)16(4)14(2,3)5-6-15/h7-8H,5-6,9,15H2,1-4H3. The van der Waals surface area contributed by atoms with Gasteiger partial charge in [0.05, 0.1) is 0 Å². The van der Waals surface area contributed by atoms with Crippen molar-refractivity contribution in [2.24, 2.45) is 5.73 Å². The van der Waals surface area contributed by atoms with Gasteiger partial charge in [-0.1, -0.05) is 0 Å². The van der Waals surface area contributed by atoms with Gasteiger partial charge < -0.3 is 20.1 Å². The fourth-order valence-electron chi connectivity index (χ4n) is 2.24. The predicted octanol–water partition coefficient (Wildman–Crippen LogP) is 2.29. The Morgan fingerprint density at radius 2 is 1.89 bits per heavy atom. The average Bonchev–Trinajstić information content (AvgIpc) is 2.73. The van der Waals surface area contributed by atoms with E-state index in [1.807, 2.05) is 6.07 Å². The molecule has 0 bridgehead atoms. The number of rotatable bonds is 4. The Hall–Kier alpha value is -1.42. The first-order valence-electron chi connectivity index (χ1n) is 6.30. The molecule has 1 aliphatic rings. The molecule has 0 saturated carbocycles. The van der Waals surface area contributed by atoms with E-state index in [2.05, 4.69) is 38.8 Å². The van der Waals surface area contributed by atoms with Crippen LogP contribution in [0, 0.1) is 6.92 Å². The third-order valence-electron chi connectivity index (χ3n) is 3.72. The zero-order chi connectivity index (χ0) is 13.3. The van der Waals surface area contributed by atoms with Gasteiger partial charge in [0.15, 0.2) is 11.5 Å². The second kappa shape index (κ2) is 4.69. The lowest BCUT2D eigenvalue weighted by Crippen LogP contribution is -2.43. The summed E-state index contributed by atoms with van der Waals surface area (Å²) in [7, 11) is 2.10. The summed E-state index contributed by atoms with van der Waals surface area (Å²) < 4.78 is 10.8. The van der Waals surface area contributed by atoms with Gasteiger partial charge in [0.1, 0.15) is 0 Å². The smallest absolute Gasteiger partial charge is 0.231 e. The van der Waals surface area contributed by atoms with E-state index in [9.17, 15) is 0 Å². The molecule has 0 saturated heterocycles. The Balaban J connectivity index is 2.33.